The zero-order valence-electron chi connectivity index (χ0n) is 52.6. The van der Waals surface area contributed by atoms with Crippen molar-refractivity contribution >= 4 is 76.5 Å². The van der Waals surface area contributed by atoms with Crippen LogP contribution in [-0.4, -0.2) is 203 Å². The van der Waals surface area contributed by atoms with Crippen LogP contribution in [0.25, 0.3) is 0 Å². The molecule has 11 N–H and O–H groups in total. The number of Topliss-reactive ketones (excluding diaryl/α,β-unsaturated/α-hetero) is 1. The molecule has 0 radical (unpaired) electrons. The van der Waals surface area contributed by atoms with E-state index in [0.29, 0.717) is 50.1 Å². The van der Waals surface area contributed by atoms with Gasteiger partial charge in [0.05, 0.1) is 42.1 Å². The maximum absolute atomic E-state index is 14.1. The highest BCUT2D eigenvalue weighted by molar-refractivity contribution is 6.32. The number of anilines is 2. The van der Waals surface area contributed by atoms with Crippen LogP contribution >= 0.6 is 0 Å². The Labute approximate surface area is 536 Å². The SMILES string of the molecule is CC(C)[C@H](NC(=O)CCCCCN1C(=O)C=CC1=O)C(=O)N[C@@H](CCCNC(N)=O)C(=O)Nc1ccc(COC(=O)N(C)CCN(C)C(=O)OCC(=O)[C@@H]2Cc3c(O)c4c(c(O)c3C(O[C@H]3C[C@H](N5CCOC[C@H]5O)C[C@H](C)O3)C2)C(=O)c2c(N)cccc2C4=O)cc1. The van der Waals surface area contributed by atoms with Crippen LogP contribution < -0.4 is 32.7 Å². The summed E-state index contributed by atoms with van der Waals surface area (Å²) in [6, 6.07) is 7.51. The van der Waals surface area contributed by atoms with Gasteiger partial charge in [0.2, 0.25) is 17.7 Å². The lowest BCUT2D eigenvalue weighted by atomic mass is 9.73. The number of morpholine rings is 1. The third-order valence-electron chi connectivity index (χ3n) is 17.1. The third-order valence-corrected chi connectivity index (χ3v) is 17.1. The highest BCUT2D eigenvalue weighted by Crippen LogP contribution is 2.52. The molecule has 3 aromatic carbocycles. The van der Waals surface area contributed by atoms with Gasteiger partial charge in [0.15, 0.2) is 30.2 Å². The lowest BCUT2D eigenvalue weighted by molar-refractivity contribution is -0.240. The van der Waals surface area contributed by atoms with Crippen molar-refractivity contribution in [3.8, 4) is 11.5 Å². The number of benzene rings is 3. The van der Waals surface area contributed by atoms with E-state index in [1.54, 1.807) is 38.1 Å². The number of fused-ring (bicyclic) bond motifs is 3. The van der Waals surface area contributed by atoms with E-state index in [0.717, 1.165) is 9.80 Å². The predicted molar refractivity (Wildman–Crippen MR) is 331 cm³/mol. The molecule has 2 aliphatic carbocycles. The topological polar surface area (TPSA) is 408 Å². The lowest BCUT2D eigenvalue weighted by Gasteiger charge is -2.44. The number of ether oxygens (including phenoxy) is 5. The smallest absolute Gasteiger partial charge is 0.409 e. The van der Waals surface area contributed by atoms with E-state index in [9.17, 15) is 68.1 Å². The first-order valence-electron chi connectivity index (χ1n) is 31.1. The number of ketones is 3. The number of primary amides is 1. The van der Waals surface area contributed by atoms with E-state index in [1.165, 1.54) is 49.3 Å². The molecular formula is C64H82N10O19. The molecule has 3 aliphatic heterocycles. The number of unbranched alkanes of at least 4 members (excludes halogenated alkanes) is 2. The molecule has 0 saturated carbocycles. The number of rotatable bonds is 27. The van der Waals surface area contributed by atoms with Gasteiger partial charge in [-0.25, -0.2) is 14.4 Å². The zero-order valence-corrected chi connectivity index (χ0v) is 52.6. The fourth-order valence-corrected chi connectivity index (χ4v) is 12.0. The number of nitrogen functional groups attached to an aromatic ring is 1. The Morgan fingerprint density at radius 1 is 0.806 bits per heavy atom. The highest BCUT2D eigenvalue weighted by atomic mass is 16.7. The third kappa shape index (κ3) is 17.4. The first-order valence-corrected chi connectivity index (χ1v) is 31.1. The molecule has 2 fully saturated rings. The van der Waals surface area contributed by atoms with Gasteiger partial charge in [-0.2, -0.15) is 0 Å². The average Bonchev–Trinajstić information content (AvgIpc) is 1.11. The fraction of sp³-hybridized carbons (Fsp3) is 0.516. The van der Waals surface area contributed by atoms with Gasteiger partial charge in [0, 0.05) is 112 Å². The van der Waals surface area contributed by atoms with Gasteiger partial charge < -0.3 is 81.5 Å². The molecule has 8 atom stereocenters. The minimum Gasteiger partial charge on any atom is -0.507 e. The number of aliphatic hydroxyl groups excluding tert-OH is 1. The van der Waals surface area contributed by atoms with Gasteiger partial charge in [0.1, 0.15) is 36.4 Å². The van der Waals surface area contributed by atoms with Gasteiger partial charge in [0.25, 0.3) is 11.8 Å². The van der Waals surface area contributed by atoms with Crippen molar-refractivity contribution < 1.29 is 91.7 Å². The van der Waals surface area contributed by atoms with Crippen molar-refractivity contribution in [1.29, 1.82) is 0 Å². The molecule has 5 aliphatic rings. The number of urea groups is 1. The number of nitrogens with one attached hydrogen (secondary N) is 4. The highest BCUT2D eigenvalue weighted by Gasteiger charge is 2.46. The molecule has 3 heterocycles. The zero-order chi connectivity index (χ0) is 67.4. The summed E-state index contributed by atoms with van der Waals surface area (Å²) in [5.41, 5.74) is 11.1. The number of hydrogen-bond donors (Lipinski definition) is 9. The molecule has 29 heteroatoms. The summed E-state index contributed by atoms with van der Waals surface area (Å²) < 4.78 is 29.2. The van der Waals surface area contributed by atoms with Crippen LogP contribution in [0.15, 0.2) is 54.6 Å². The standard InChI is InChI=1S/C64H82N10O19/c1-34(2)55(70-46(76)14-7-6-8-22-74-47(77)19-20-48(74)78)61(85)69-43(13-10-21-67-62(66)86)60(84)68-38-17-15-36(16-18-38)31-90-63(87)71(4)23-24-72(5)64(88)91-32-44(75)37-28-41-52(45(29-37)93-50-30-39(27-35(3)92-50)73-25-26-89-33-49(73)79)59(83)54-53(57(41)81)56(80)40-11-9-12-42(65)51(40)58(54)82/h9,11-12,15-20,34-35,37,39,43,45,49-50,55,79,81,83H,6-8,10,13-14,21-33,65H2,1-5H3,(H,68,84)(H,69,85)(H,70,76)(H3,66,67,86)/t35-,37+,39+,43-,45?,49+,50-,55-/m0/s1. The van der Waals surface area contributed by atoms with Crippen molar-refractivity contribution in [1.82, 2.24) is 35.6 Å². The van der Waals surface area contributed by atoms with Crippen molar-refractivity contribution in [2.45, 2.75) is 134 Å². The molecule has 0 bridgehead atoms. The Balaban J connectivity index is 0.820. The predicted octanol–water partition coefficient (Wildman–Crippen LogP) is 3.02. The number of aromatic hydroxyl groups is 2. The second-order valence-corrected chi connectivity index (χ2v) is 24.2. The molecule has 9 amide bonds. The van der Waals surface area contributed by atoms with Crippen LogP contribution in [-0.2, 0) is 65.5 Å². The summed E-state index contributed by atoms with van der Waals surface area (Å²) in [6.07, 6.45) is -0.363. The Bertz CT molecular complexity index is 3360. The van der Waals surface area contributed by atoms with E-state index in [-0.39, 0.29) is 136 Å². The van der Waals surface area contributed by atoms with Crippen LogP contribution in [0.1, 0.15) is 133 Å². The number of nitrogens with zero attached hydrogens (tertiary/aromatic N) is 4. The minimum atomic E-state index is -1.21. The second-order valence-electron chi connectivity index (χ2n) is 24.2. The summed E-state index contributed by atoms with van der Waals surface area (Å²) in [6.45, 7) is 5.58. The summed E-state index contributed by atoms with van der Waals surface area (Å²) >= 11 is 0. The number of imide groups is 1. The first kappa shape index (κ1) is 69.9. The number of hydrogen-bond acceptors (Lipinski definition) is 21. The Kier molecular flexibility index (Phi) is 23.7. The molecule has 93 heavy (non-hydrogen) atoms. The Hall–Kier alpha value is -9.03. The monoisotopic (exact) mass is 1290 g/mol. The molecule has 29 nitrogen and oxygen atoms in total. The maximum atomic E-state index is 14.1. The molecule has 0 spiro atoms. The molecule has 2 saturated heterocycles. The second kappa shape index (κ2) is 31.5. The van der Waals surface area contributed by atoms with Crippen LogP contribution in [0.4, 0.5) is 25.8 Å². The van der Waals surface area contributed by atoms with Crippen LogP contribution in [0.5, 0.6) is 11.5 Å². The molecule has 3 aromatic rings. The van der Waals surface area contributed by atoms with Gasteiger partial charge in [-0.05, 0) is 81.5 Å². The number of likely N-dealkylation sites (N-methyl/N-ethyl adjacent to an activating group) is 2. The molecule has 502 valence electrons. The number of phenols is 2. The number of carbonyl (C=O) groups is 11. The molecule has 1 unspecified atom stereocenters. The molecule has 0 aromatic heterocycles. The van der Waals surface area contributed by atoms with Crippen molar-refractivity contribution in [3.05, 3.63) is 93.6 Å². The number of carbonyl (C=O) groups excluding carboxylic acids is 11. The van der Waals surface area contributed by atoms with Gasteiger partial charge in [-0.15, -0.1) is 0 Å². The van der Waals surface area contributed by atoms with Crippen molar-refractivity contribution in [2.75, 3.05) is 77.7 Å². The Morgan fingerprint density at radius 3 is 2.17 bits per heavy atom. The lowest BCUT2D eigenvalue weighted by Crippen LogP contribution is -2.54. The van der Waals surface area contributed by atoms with Crippen LogP contribution in [0.3, 0.4) is 0 Å². The molecule has 8 rings (SSSR count). The number of phenolic OH excluding ortho intramolecular Hbond substituents is 2. The maximum Gasteiger partial charge on any atom is 0.409 e. The summed E-state index contributed by atoms with van der Waals surface area (Å²) in [5, 5.41) is 45.5. The summed E-state index contributed by atoms with van der Waals surface area (Å²) in [5.74, 6) is -7.16. The van der Waals surface area contributed by atoms with E-state index in [1.807, 2.05) is 11.8 Å². The average molecular weight is 1300 g/mol. The number of aliphatic hydroxyl groups is 1. The van der Waals surface area contributed by atoms with Crippen molar-refractivity contribution in [3.63, 3.8) is 0 Å². The number of nitrogens with two attached hydrogens (primary N) is 2. The first-order chi connectivity index (χ1) is 44.3. The fourth-order valence-electron chi connectivity index (χ4n) is 12.0. The number of amides is 9. The molecular weight excluding hydrogens is 1210 g/mol. The van der Waals surface area contributed by atoms with E-state index >= 15 is 0 Å². The quantitative estimate of drug-likeness (QED) is 0.0179. The van der Waals surface area contributed by atoms with Crippen molar-refractivity contribution in [2.24, 2.45) is 17.6 Å². The van der Waals surface area contributed by atoms with Crippen LogP contribution in [0.2, 0.25) is 0 Å². The minimum absolute atomic E-state index is 0.00548. The largest absolute Gasteiger partial charge is 0.507 e. The Morgan fingerprint density at radius 2 is 1.49 bits per heavy atom. The summed E-state index contributed by atoms with van der Waals surface area (Å²) in [4.78, 5) is 149. The van der Waals surface area contributed by atoms with E-state index < -0.39 is 119 Å². The summed E-state index contributed by atoms with van der Waals surface area (Å²) in [7, 11) is 2.84. The van der Waals surface area contributed by atoms with Gasteiger partial charge in [-0.3, -0.25) is 48.2 Å². The van der Waals surface area contributed by atoms with Gasteiger partial charge in [-0.1, -0.05) is 44.5 Å². The normalized spacial score (nSPS) is 20.8. The van der Waals surface area contributed by atoms with Gasteiger partial charge >= 0.3 is 18.2 Å². The van der Waals surface area contributed by atoms with E-state index in [4.69, 9.17) is 35.2 Å². The van der Waals surface area contributed by atoms with E-state index in [2.05, 4.69) is 21.3 Å². The van der Waals surface area contributed by atoms with Crippen LogP contribution in [0, 0.1) is 11.8 Å².